The smallest absolute Gasteiger partial charge is 0.241 e. The van der Waals surface area contributed by atoms with E-state index in [0.29, 0.717) is 18.0 Å². The van der Waals surface area contributed by atoms with Gasteiger partial charge in [0.05, 0.1) is 7.11 Å². The van der Waals surface area contributed by atoms with Gasteiger partial charge in [0.15, 0.2) is 11.5 Å². The first-order chi connectivity index (χ1) is 9.64. The first-order valence-electron chi connectivity index (χ1n) is 6.94. The maximum atomic E-state index is 11.9. The first-order valence-corrected chi connectivity index (χ1v) is 6.94. The van der Waals surface area contributed by atoms with Gasteiger partial charge in [0.2, 0.25) is 5.91 Å². The topological polar surface area (TPSA) is 73.6 Å². The van der Waals surface area contributed by atoms with Gasteiger partial charge in [-0.3, -0.25) is 4.79 Å². The summed E-state index contributed by atoms with van der Waals surface area (Å²) < 4.78 is 11.1. The normalized spacial score (nSPS) is 17.3. The fourth-order valence-corrected chi connectivity index (χ4v) is 2.49. The average molecular weight is 278 g/mol. The van der Waals surface area contributed by atoms with Crippen molar-refractivity contribution in [2.24, 2.45) is 11.7 Å². The second-order valence-corrected chi connectivity index (χ2v) is 5.08. The lowest BCUT2D eigenvalue weighted by atomic mass is 9.93. The van der Waals surface area contributed by atoms with Crippen LogP contribution >= 0.6 is 0 Å². The molecule has 0 radical (unpaired) electrons. The molecule has 0 spiro atoms. The molecule has 1 aromatic rings. The van der Waals surface area contributed by atoms with E-state index in [1.807, 2.05) is 31.2 Å². The molecule has 1 aromatic carbocycles. The van der Waals surface area contributed by atoms with Gasteiger partial charge in [-0.15, -0.1) is 0 Å². The lowest BCUT2D eigenvalue weighted by Gasteiger charge is -2.31. The molecular formula is C15H22N2O3. The van der Waals surface area contributed by atoms with E-state index in [9.17, 15) is 4.79 Å². The molecule has 1 aliphatic carbocycles. The van der Waals surface area contributed by atoms with Gasteiger partial charge < -0.3 is 20.5 Å². The van der Waals surface area contributed by atoms with Gasteiger partial charge >= 0.3 is 0 Å². The van der Waals surface area contributed by atoms with Crippen molar-refractivity contribution < 1.29 is 14.3 Å². The fraction of sp³-hybridized carbons (Fsp3) is 0.533. The highest BCUT2D eigenvalue weighted by atomic mass is 16.5. The Morgan fingerprint density at radius 2 is 2.05 bits per heavy atom. The highest BCUT2D eigenvalue weighted by Crippen LogP contribution is 2.40. The second-order valence-electron chi connectivity index (χ2n) is 5.08. The predicted molar refractivity (Wildman–Crippen MR) is 76.8 cm³/mol. The number of hydrogen-bond donors (Lipinski definition) is 2. The number of amides is 1. The molecule has 0 aromatic heterocycles. The van der Waals surface area contributed by atoms with Crippen LogP contribution in [0.2, 0.25) is 0 Å². The van der Waals surface area contributed by atoms with Gasteiger partial charge in [-0.05, 0) is 37.4 Å². The number of likely N-dealkylation sites (N-methyl/N-ethyl adjacent to an activating group) is 1. The lowest BCUT2D eigenvalue weighted by molar-refractivity contribution is -0.126. The molecular weight excluding hydrogens is 256 g/mol. The van der Waals surface area contributed by atoms with Gasteiger partial charge in [0.25, 0.3) is 0 Å². The van der Waals surface area contributed by atoms with Crippen LogP contribution in [0.4, 0.5) is 0 Å². The van der Waals surface area contributed by atoms with Crippen molar-refractivity contribution in [2.75, 3.05) is 20.3 Å². The number of ether oxygens (including phenoxy) is 2. The van der Waals surface area contributed by atoms with Gasteiger partial charge in [0, 0.05) is 0 Å². The SMILES string of the molecule is CCNC(COc1ccccc1OC)(C(N)=O)C1CC1. The molecule has 3 N–H and O–H groups in total. The van der Waals surface area contributed by atoms with E-state index in [1.54, 1.807) is 7.11 Å². The van der Waals surface area contributed by atoms with Crippen LogP contribution in [0.15, 0.2) is 24.3 Å². The third-order valence-corrected chi connectivity index (χ3v) is 3.73. The van der Waals surface area contributed by atoms with Crippen molar-refractivity contribution in [3.63, 3.8) is 0 Å². The standard InChI is InChI=1S/C15H22N2O3/c1-3-17-15(14(16)18,11-8-9-11)10-20-13-7-5-4-6-12(13)19-2/h4-7,11,17H,3,8-10H2,1-2H3,(H2,16,18). The predicted octanol–water partition coefficient (Wildman–Crippen LogP) is 1.32. The van der Waals surface area contributed by atoms with E-state index in [-0.39, 0.29) is 18.4 Å². The number of nitrogens with one attached hydrogen (secondary N) is 1. The van der Waals surface area contributed by atoms with Crippen molar-refractivity contribution in [1.29, 1.82) is 0 Å². The monoisotopic (exact) mass is 278 g/mol. The van der Waals surface area contributed by atoms with Crippen LogP contribution < -0.4 is 20.5 Å². The molecule has 110 valence electrons. The van der Waals surface area contributed by atoms with E-state index in [2.05, 4.69) is 5.32 Å². The molecule has 5 heteroatoms. The molecule has 0 bridgehead atoms. The Kier molecular flexibility index (Phi) is 4.49. The van der Waals surface area contributed by atoms with Crippen molar-refractivity contribution in [3.05, 3.63) is 24.3 Å². The van der Waals surface area contributed by atoms with Crippen LogP contribution in [-0.2, 0) is 4.79 Å². The summed E-state index contributed by atoms with van der Waals surface area (Å²) in [5.74, 6) is 1.18. The molecule has 1 saturated carbocycles. The van der Waals surface area contributed by atoms with E-state index in [1.165, 1.54) is 0 Å². The minimum absolute atomic E-state index is 0.223. The number of hydrogen-bond acceptors (Lipinski definition) is 4. The van der Waals surface area contributed by atoms with Crippen LogP contribution in [0.1, 0.15) is 19.8 Å². The maximum Gasteiger partial charge on any atom is 0.241 e. The molecule has 1 amide bonds. The summed E-state index contributed by atoms with van der Waals surface area (Å²) in [6, 6.07) is 7.39. The van der Waals surface area contributed by atoms with Crippen LogP contribution in [0.25, 0.3) is 0 Å². The summed E-state index contributed by atoms with van der Waals surface area (Å²) in [5.41, 5.74) is 4.84. The second kappa shape index (κ2) is 6.13. The fourth-order valence-electron chi connectivity index (χ4n) is 2.49. The average Bonchev–Trinajstić information content (AvgIpc) is 3.28. The van der Waals surface area contributed by atoms with Crippen LogP contribution in [0, 0.1) is 5.92 Å². The largest absolute Gasteiger partial charge is 0.493 e. The van der Waals surface area contributed by atoms with Gasteiger partial charge in [-0.25, -0.2) is 0 Å². The highest BCUT2D eigenvalue weighted by molar-refractivity contribution is 5.85. The summed E-state index contributed by atoms with van der Waals surface area (Å²) in [4.78, 5) is 11.9. The Hall–Kier alpha value is -1.75. The molecule has 20 heavy (non-hydrogen) atoms. The summed E-state index contributed by atoms with van der Waals surface area (Å²) in [7, 11) is 1.59. The quantitative estimate of drug-likeness (QED) is 0.752. The number of carbonyl (C=O) groups is 1. The van der Waals surface area contributed by atoms with E-state index < -0.39 is 5.54 Å². The molecule has 1 unspecified atom stereocenters. The van der Waals surface area contributed by atoms with Gasteiger partial charge in [0.1, 0.15) is 12.1 Å². The zero-order chi connectivity index (χ0) is 14.6. The molecule has 2 rings (SSSR count). The molecule has 1 aliphatic rings. The van der Waals surface area contributed by atoms with Gasteiger partial charge in [-0.1, -0.05) is 19.1 Å². The number of primary amides is 1. The minimum Gasteiger partial charge on any atom is -0.493 e. The first kappa shape index (κ1) is 14.7. The third kappa shape index (κ3) is 2.88. The number of nitrogens with two attached hydrogens (primary N) is 1. The van der Waals surface area contributed by atoms with Gasteiger partial charge in [-0.2, -0.15) is 0 Å². The summed E-state index contributed by atoms with van der Waals surface area (Å²) in [5, 5.41) is 3.22. The Bertz CT molecular complexity index is 474. The minimum atomic E-state index is -0.782. The van der Waals surface area contributed by atoms with Crippen molar-refractivity contribution >= 4 is 5.91 Å². The summed E-state index contributed by atoms with van der Waals surface area (Å²) >= 11 is 0. The van der Waals surface area contributed by atoms with Crippen LogP contribution in [0.5, 0.6) is 11.5 Å². The molecule has 1 fully saturated rings. The summed E-state index contributed by atoms with van der Waals surface area (Å²) in [6.45, 7) is 2.86. The molecule has 0 heterocycles. The van der Waals surface area contributed by atoms with Crippen LogP contribution in [-0.4, -0.2) is 31.7 Å². The Balaban J connectivity index is 2.14. The Morgan fingerprint density at radius 1 is 1.40 bits per heavy atom. The number of carbonyl (C=O) groups excluding carboxylic acids is 1. The van der Waals surface area contributed by atoms with Crippen molar-refractivity contribution in [3.8, 4) is 11.5 Å². The van der Waals surface area contributed by atoms with E-state index in [4.69, 9.17) is 15.2 Å². The van der Waals surface area contributed by atoms with E-state index >= 15 is 0 Å². The number of para-hydroxylation sites is 2. The third-order valence-electron chi connectivity index (χ3n) is 3.73. The lowest BCUT2D eigenvalue weighted by Crippen LogP contribution is -2.61. The number of rotatable bonds is 8. The van der Waals surface area contributed by atoms with Crippen LogP contribution in [0.3, 0.4) is 0 Å². The molecule has 0 saturated heterocycles. The number of methoxy groups -OCH3 is 1. The zero-order valence-corrected chi connectivity index (χ0v) is 12.0. The zero-order valence-electron chi connectivity index (χ0n) is 12.0. The number of benzene rings is 1. The molecule has 0 aliphatic heterocycles. The summed E-state index contributed by atoms with van der Waals surface area (Å²) in [6.07, 6.45) is 2.01. The maximum absolute atomic E-state index is 11.9. The van der Waals surface area contributed by atoms with Crippen molar-refractivity contribution in [2.45, 2.75) is 25.3 Å². The Labute approximate surface area is 119 Å². The highest BCUT2D eigenvalue weighted by Gasteiger charge is 2.50. The Morgan fingerprint density at radius 3 is 2.55 bits per heavy atom. The molecule has 5 nitrogen and oxygen atoms in total. The van der Waals surface area contributed by atoms with E-state index in [0.717, 1.165) is 12.8 Å². The molecule has 1 atom stereocenters. The van der Waals surface area contributed by atoms with Crippen molar-refractivity contribution in [1.82, 2.24) is 5.32 Å².